The van der Waals surface area contributed by atoms with E-state index in [1.165, 1.54) is 0 Å². The predicted molar refractivity (Wildman–Crippen MR) is 94.8 cm³/mol. The van der Waals surface area contributed by atoms with Crippen LogP contribution in [0.25, 0.3) is 11.0 Å². The van der Waals surface area contributed by atoms with Crippen LogP contribution in [0, 0.1) is 6.92 Å². The quantitative estimate of drug-likeness (QED) is 0.770. The van der Waals surface area contributed by atoms with Crippen LogP contribution in [0.4, 0.5) is 5.69 Å². The Bertz CT molecular complexity index is 979. The number of carbonyl (C=O) groups excluding carboxylic acids is 1. The minimum absolute atomic E-state index is 0.0947. The maximum Gasteiger partial charge on any atom is 0.260 e. The van der Waals surface area contributed by atoms with Crippen LogP contribution in [-0.4, -0.2) is 33.8 Å². The van der Waals surface area contributed by atoms with Gasteiger partial charge in [0.15, 0.2) is 5.65 Å². The first kappa shape index (κ1) is 15.6. The van der Waals surface area contributed by atoms with E-state index >= 15 is 0 Å². The second-order valence-corrected chi connectivity index (χ2v) is 6.12. The number of ether oxygens (including phenoxy) is 1. The molecule has 1 aromatic carbocycles. The Kier molecular flexibility index (Phi) is 3.65. The first-order chi connectivity index (χ1) is 12.1. The smallest absolute Gasteiger partial charge is 0.260 e. The van der Waals surface area contributed by atoms with Gasteiger partial charge >= 0.3 is 0 Å². The summed E-state index contributed by atoms with van der Waals surface area (Å²) in [6.45, 7) is 3.30. The van der Waals surface area contributed by atoms with Crippen molar-refractivity contribution in [3.8, 4) is 5.75 Å². The van der Waals surface area contributed by atoms with Crippen LogP contribution in [0.5, 0.6) is 5.75 Å². The van der Waals surface area contributed by atoms with Crippen molar-refractivity contribution in [2.24, 2.45) is 12.8 Å². The van der Waals surface area contributed by atoms with E-state index in [0.717, 1.165) is 28.0 Å². The first-order valence-corrected chi connectivity index (χ1v) is 8.15. The van der Waals surface area contributed by atoms with Crippen molar-refractivity contribution in [1.82, 2.24) is 14.8 Å². The molecule has 25 heavy (non-hydrogen) atoms. The third-order valence-electron chi connectivity index (χ3n) is 4.48. The zero-order valence-electron chi connectivity index (χ0n) is 14.2. The van der Waals surface area contributed by atoms with Crippen molar-refractivity contribution in [2.75, 3.05) is 18.1 Å². The van der Waals surface area contributed by atoms with Gasteiger partial charge in [0.1, 0.15) is 12.4 Å². The van der Waals surface area contributed by atoms with Gasteiger partial charge in [-0.3, -0.25) is 9.48 Å². The number of benzene rings is 1. The number of amides is 1. The fraction of sp³-hybridized carbons (Fsp3) is 0.278. The van der Waals surface area contributed by atoms with Gasteiger partial charge in [0.05, 0.1) is 23.5 Å². The third-order valence-corrected chi connectivity index (χ3v) is 4.48. The van der Waals surface area contributed by atoms with Crippen LogP contribution < -0.4 is 15.4 Å². The molecule has 0 bridgehead atoms. The minimum atomic E-state index is -0.0947. The van der Waals surface area contributed by atoms with Gasteiger partial charge in [-0.25, -0.2) is 4.98 Å². The van der Waals surface area contributed by atoms with Crippen molar-refractivity contribution in [3.05, 3.63) is 47.3 Å². The van der Waals surface area contributed by atoms with Crippen LogP contribution in [0.1, 0.15) is 21.6 Å². The number of aryl methyl sites for hydroxylation is 2. The maximum atomic E-state index is 13.1. The number of aromatic nitrogens is 3. The number of carbonyl (C=O) groups is 1. The van der Waals surface area contributed by atoms with E-state index in [1.807, 2.05) is 38.2 Å². The number of nitrogens with two attached hydrogens (primary N) is 1. The molecule has 0 fully saturated rings. The lowest BCUT2D eigenvalue weighted by Gasteiger charge is -2.30. The third kappa shape index (κ3) is 2.53. The number of nitrogens with zero attached hydrogens (tertiary/aromatic N) is 4. The summed E-state index contributed by atoms with van der Waals surface area (Å²) in [5.74, 6) is 0.594. The zero-order chi connectivity index (χ0) is 17.6. The molecular formula is C18H19N5O2. The molecule has 0 saturated carbocycles. The molecule has 7 nitrogen and oxygen atoms in total. The number of anilines is 1. The second-order valence-electron chi connectivity index (χ2n) is 6.12. The molecule has 7 heteroatoms. The van der Waals surface area contributed by atoms with Crippen molar-refractivity contribution < 1.29 is 9.53 Å². The number of hydrogen-bond acceptors (Lipinski definition) is 5. The van der Waals surface area contributed by atoms with Gasteiger partial charge in [0.25, 0.3) is 5.91 Å². The standard InChI is InChI=1S/C18H19N5O2/c1-11-14-8-13(10-20-17(14)22(2)21-11)18(24)23-5-6-25-16-7-12(9-19)3-4-15(16)23/h3-4,7-8,10H,5-6,9,19H2,1-2H3. The zero-order valence-corrected chi connectivity index (χ0v) is 14.2. The number of rotatable bonds is 2. The van der Waals surface area contributed by atoms with Crippen molar-refractivity contribution in [2.45, 2.75) is 13.5 Å². The molecule has 0 atom stereocenters. The fourth-order valence-corrected chi connectivity index (χ4v) is 3.18. The number of hydrogen-bond donors (Lipinski definition) is 1. The summed E-state index contributed by atoms with van der Waals surface area (Å²) in [5, 5.41) is 5.24. The Morgan fingerprint density at radius 2 is 2.20 bits per heavy atom. The second kappa shape index (κ2) is 5.86. The molecule has 0 saturated heterocycles. The van der Waals surface area contributed by atoms with Crippen molar-refractivity contribution in [1.29, 1.82) is 0 Å². The van der Waals surface area contributed by atoms with Gasteiger partial charge in [-0.2, -0.15) is 5.10 Å². The molecule has 1 aliphatic heterocycles. The average Bonchev–Trinajstić information content (AvgIpc) is 2.93. The SMILES string of the molecule is Cc1nn(C)c2ncc(C(=O)N3CCOc4cc(CN)ccc43)cc12. The van der Waals surface area contributed by atoms with Gasteiger partial charge < -0.3 is 15.4 Å². The highest BCUT2D eigenvalue weighted by molar-refractivity contribution is 6.08. The molecule has 128 valence electrons. The highest BCUT2D eigenvalue weighted by atomic mass is 16.5. The molecule has 3 heterocycles. The van der Waals surface area contributed by atoms with E-state index in [1.54, 1.807) is 15.8 Å². The lowest BCUT2D eigenvalue weighted by atomic mass is 10.1. The summed E-state index contributed by atoms with van der Waals surface area (Å²) >= 11 is 0. The van der Waals surface area contributed by atoms with Crippen LogP contribution in [0.15, 0.2) is 30.5 Å². The summed E-state index contributed by atoms with van der Waals surface area (Å²) in [7, 11) is 1.84. The Morgan fingerprint density at radius 1 is 1.36 bits per heavy atom. The number of pyridine rings is 1. The van der Waals surface area contributed by atoms with Crippen LogP contribution >= 0.6 is 0 Å². The molecule has 3 aromatic rings. The van der Waals surface area contributed by atoms with Crippen LogP contribution in [0.3, 0.4) is 0 Å². The molecule has 0 radical (unpaired) electrons. The van der Waals surface area contributed by atoms with E-state index < -0.39 is 0 Å². The lowest BCUT2D eigenvalue weighted by molar-refractivity contribution is 0.0976. The minimum Gasteiger partial charge on any atom is -0.490 e. The summed E-state index contributed by atoms with van der Waals surface area (Å²) in [5.41, 5.74) is 9.58. The average molecular weight is 337 g/mol. The van der Waals surface area contributed by atoms with Crippen molar-refractivity contribution >= 4 is 22.6 Å². The molecule has 0 spiro atoms. The van der Waals surface area contributed by atoms with Gasteiger partial charge in [0, 0.05) is 25.2 Å². The normalized spacial score (nSPS) is 13.6. The van der Waals surface area contributed by atoms with E-state index in [0.29, 0.717) is 31.0 Å². The van der Waals surface area contributed by atoms with E-state index in [-0.39, 0.29) is 5.91 Å². The fourth-order valence-electron chi connectivity index (χ4n) is 3.18. The van der Waals surface area contributed by atoms with Gasteiger partial charge in [0.2, 0.25) is 0 Å². The lowest BCUT2D eigenvalue weighted by Crippen LogP contribution is -2.38. The Labute approximate surface area is 145 Å². The summed E-state index contributed by atoms with van der Waals surface area (Å²) < 4.78 is 7.42. The topological polar surface area (TPSA) is 86.3 Å². The van der Waals surface area contributed by atoms with Crippen molar-refractivity contribution in [3.63, 3.8) is 0 Å². The summed E-state index contributed by atoms with van der Waals surface area (Å²) in [6.07, 6.45) is 1.61. The van der Waals surface area contributed by atoms with Gasteiger partial charge in [-0.15, -0.1) is 0 Å². The molecule has 1 amide bonds. The number of fused-ring (bicyclic) bond motifs is 2. The maximum absolute atomic E-state index is 13.1. The predicted octanol–water partition coefficient (Wildman–Crippen LogP) is 1.77. The molecule has 2 aromatic heterocycles. The van der Waals surface area contributed by atoms with Gasteiger partial charge in [-0.1, -0.05) is 6.07 Å². The van der Waals surface area contributed by atoms with Gasteiger partial charge in [-0.05, 0) is 30.7 Å². The van der Waals surface area contributed by atoms with Crippen LogP contribution in [0.2, 0.25) is 0 Å². The monoisotopic (exact) mass is 337 g/mol. The Hall–Kier alpha value is -2.93. The summed E-state index contributed by atoms with van der Waals surface area (Å²) in [6, 6.07) is 7.55. The molecule has 0 unspecified atom stereocenters. The van der Waals surface area contributed by atoms with E-state index in [4.69, 9.17) is 10.5 Å². The van der Waals surface area contributed by atoms with Crippen LogP contribution in [-0.2, 0) is 13.6 Å². The molecule has 1 aliphatic rings. The Balaban J connectivity index is 1.74. The van der Waals surface area contributed by atoms with E-state index in [2.05, 4.69) is 10.1 Å². The van der Waals surface area contributed by atoms with E-state index in [9.17, 15) is 4.79 Å². The molecule has 4 rings (SSSR count). The molecule has 0 aliphatic carbocycles. The first-order valence-electron chi connectivity index (χ1n) is 8.15. The summed E-state index contributed by atoms with van der Waals surface area (Å²) in [4.78, 5) is 19.2. The molecular weight excluding hydrogens is 318 g/mol. The highest BCUT2D eigenvalue weighted by Gasteiger charge is 2.25. The largest absolute Gasteiger partial charge is 0.490 e. The Morgan fingerprint density at radius 3 is 3.00 bits per heavy atom. The molecule has 2 N–H and O–H groups in total. The highest BCUT2D eigenvalue weighted by Crippen LogP contribution is 2.33.